The van der Waals surface area contributed by atoms with E-state index < -0.39 is 17.6 Å². The fraction of sp³-hybridized carbons (Fsp3) is 0.214. The van der Waals surface area contributed by atoms with Gasteiger partial charge in [-0.05, 0) is 19.1 Å². The molecular weight excluding hydrogens is 335 g/mol. The van der Waals surface area contributed by atoms with Crippen molar-refractivity contribution in [3.05, 3.63) is 56.5 Å². The number of halogens is 4. The monoisotopic (exact) mass is 345 g/mol. The maximum absolute atomic E-state index is 12.6. The van der Waals surface area contributed by atoms with E-state index in [9.17, 15) is 22.8 Å². The molecule has 1 aromatic heterocycles. The summed E-state index contributed by atoms with van der Waals surface area (Å²) >= 11 is 5.83. The maximum Gasteiger partial charge on any atom is 0.473 e. The van der Waals surface area contributed by atoms with Crippen molar-refractivity contribution in [2.45, 2.75) is 13.1 Å². The minimum Gasteiger partial charge on any atom is -0.300 e. The number of amides is 1. The fourth-order valence-electron chi connectivity index (χ4n) is 2.03. The van der Waals surface area contributed by atoms with Gasteiger partial charge in [0.05, 0.1) is 11.3 Å². The molecule has 0 bridgehead atoms. The molecule has 2 rings (SSSR count). The number of H-pyrrole nitrogens is 1. The first-order valence-electron chi connectivity index (χ1n) is 6.33. The Bertz CT molecular complexity index is 850. The van der Waals surface area contributed by atoms with Crippen LogP contribution in [-0.2, 0) is 11.8 Å². The van der Waals surface area contributed by atoms with Gasteiger partial charge in [-0.15, -0.1) is 0 Å². The number of carbonyl (C=O) groups excluding carboxylic acids is 1. The van der Waals surface area contributed by atoms with E-state index in [1.807, 2.05) is 0 Å². The van der Waals surface area contributed by atoms with E-state index >= 15 is 0 Å². The Labute approximate surface area is 133 Å². The molecule has 0 aliphatic heterocycles. The Balaban J connectivity index is 2.73. The molecule has 0 radical (unpaired) electrons. The highest BCUT2D eigenvalue weighted by Crippen LogP contribution is 2.20. The van der Waals surface area contributed by atoms with Crippen molar-refractivity contribution in [2.24, 2.45) is 12.0 Å². The third kappa shape index (κ3) is 3.53. The number of hydrogen-bond acceptors (Lipinski definition) is 2. The van der Waals surface area contributed by atoms with E-state index in [1.165, 1.54) is 38.2 Å². The van der Waals surface area contributed by atoms with Crippen LogP contribution < -0.4 is 5.56 Å². The molecule has 1 N–H and O–H groups in total. The van der Waals surface area contributed by atoms with Crippen LogP contribution in [0.1, 0.15) is 16.8 Å². The average molecular weight is 346 g/mol. The molecule has 0 fully saturated rings. The van der Waals surface area contributed by atoms with Crippen molar-refractivity contribution < 1.29 is 18.0 Å². The Hall–Kier alpha value is -2.35. The number of hydrogen-bond donors (Lipinski definition) is 1. The summed E-state index contributed by atoms with van der Waals surface area (Å²) in [7, 11) is 1.40. The van der Waals surface area contributed by atoms with Gasteiger partial charge in [0.25, 0.3) is 5.56 Å². The first-order valence-corrected chi connectivity index (χ1v) is 6.71. The molecule has 0 atom stereocenters. The van der Waals surface area contributed by atoms with E-state index in [1.54, 1.807) is 0 Å². The number of nitrogens with zero attached hydrogens (tertiary/aromatic N) is 2. The largest absolute Gasteiger partial charge is 0.473 e. The summed E-state index contributed by atoms with van der Waals surface area (Å²) in [6.07, 6.45) is -5.14. The molecule has 122 valence electrons. The van der Waals surface area contributed by atoms with Crippen molar-refractivity contribution in [3.63, 3.8) is 0 Å². The molecule has 0 saturated heterocycles. The van der Waals surface area contributed by atoms with Crippen LogP contribution in [-0.4, -0.2) is 27.6 Å². The number of aryl methyl sites for hydroxylation is 2. The summed E-state index contributed by atoms with van der Waals surface area (Å²) in [5, 5.41) is 2.89. The van der Waals surface area contributed by atoms with Crippen molar-refractivity contribution in [1.82, 2.24) is 9.78 Å². The summed E-state index contributed by atoms with van der Waals surface area (Å²) in [5.74, 6) is -2.30. The molecule has 1 heterocycles. The van der Waals surface area contributed by atoms with Gasteiger partial charge in [0.1, 0.15) is 0 Å². The first kappa shape index (κ1) is 17.0. The van der Waals surface area contributed by atoms with Crippen LogP contribution in [0.25, 0.3) is 0 Å². The number of aromatic nitrogens is 2. The molecule has 0 spiro atoms. The molecule has 0 saturated carbocycles. The van der Waals surface area contributed by atoms with E-state index in [0.29, 0.717) is 0 Å². The van der Waals surface area contributed by atoms with E-state index in [-0.39, 0.29) is 27.6 Å². The SMILES string of the molecule is Cc1[nH]n(C)c(=O)c1C(=NC(=O)C(F)(F)F)c1cccc(Cl)c1. The number of rotatable bonds is 2. The average Bonchev–Trinajstić information content (AvgIpc) is 2.68. The quantitative estimate of drug-likeness (QED) is 0.850. The zero-order valence-electron chi connectivity index (χ0n) is 12.0. The van der Waals surface area contributed by atoms with Gasteiger partial charge < -0.3 is 0 Å². The number of carbonyl (C=O) groups is 1. The number of aromatic amines is 1. The third-order valence-corrected chi connectivity index (χ3v) is 3.25. The normalized spacial score (nSPS) is 12.5. The number of aliphatic imine (C=N–C) groups is 1. The highest BCUT2D eigenvalue weighted by Gasteiger charge is 2.39. The van der Waals surface area contributed by atoms with Gasteiger partial charge in [-0.1, -0.05) is 23.7 Å². The zero-order valence-corrected chi connectivity index (χ0v) is 12.8. The first-order chi connectivity index (χ1) is 10.6. The number of nitrogens with one attached hydrogen (secondary N) is 1. The van der Waals surface area contributed by atoms with Gasteiger partial charge in [-0.2, -0.15) is 13.2 Å². The molecule has 9 heteroatoms. The summed E-state index contributed by atoms with van der Waals surface area (Å²) in [5.41, 5.74) is -0.682. The Morgan fingerprint density at radius 1 is 1.35 bits per heavy atom. The Kier molecular flexibility index (Phi) is 4.46. The fourth-order valence-corrected chi connectivity index (χ4v) is 2.22. The highest BCUT2D eigenvalue weighted by atomic mass is 35.5. The van der Waals surface area contributed by atoms with Gasteiger partial charge >= 0.3 is 12.1 Å². The van der Waals surface area contributed by atoms with Gasteiger partial charge in [-0.3, -0.25) is 19.4 Å². The second-order valence-corrected chi connectivity index (χ2v) is 5.19. The smallest absolute Gasteiger partial charge is 0.300 e. The number of benzene rings is 1. The molecule has 0 aliphatic carbocycles. The van der Waals surface area contributed by atoms with Crippen LogP contribution in [0.2, 0.25) is 5.02 Å². The lowest BCUT2D eigenvalue weighted by atomic mass is 10.0. The molecule has 0 aliphatic rings. The van der Waals surface area contributed by atoms with E-state index in [4.69, 9.17) is 11.6 Å². The van der Waals surface area contributed by atoms with Crippen LogP contribution in [0.5, 0.6) is 0 Å². The minimum atomic E-state index is -5.14. The molecule has 5 nitrogen and oxygen atoms in total. The second-order valence-electron chi connectivity index (χ2n) is 4.75. The molecule has 0 unspecified atom stereocenters. The van der Waals surface area contributed by atoms with Crippen molar-refractivity contribution in [1.29, 1.82) is 0 Å². The lowest BCUT2D eigenvalue weighted by molar-refractivity contribution is -0.169. The van der Waals surface area contributed by atoms with Gasteiger partial charge in [0.15, 0.2) is 0 Å². The highest BCUT2D eigenvalue weighted by molar-refractivity contribution is 6.31. The van der Waals surface area contributed by atoms with Crippen molar-refractivity contribution in [3.8, 4) is 0 Å². The van der Waals surface area contributed by atoms with Gasteiger partial charge in [-0.25, -0.2) is 4.99 Å². The summed E-state index contributed by atoms with van der Waals surface area (Å²) < 4.78 is 38.7. The third-order valence-electron chi connectivity index (χ3n) is 3.02. The molecule has 2 aromatic rings. The van der Waals surface area contributed by atoms with Crippen LogP contribution in [0.3, 0.4) is 0 Å². The lowest BCUT2D eigenvalue weighted by Gasteiger charge is -2.07. The maximum atomic E-state index is 12.6. The zero-order chi connectivity index (χ0) is 17.4. The van der Waals surface area contributed by atoms with Gasteiger partial charge in [0.2, 0.25) is 0 Å². The van der Waals surface area contributed by atoms with Crippen LogP contribution >= 0.6 is 11.6 Å². The number of alkyl halides is 3. The molecular formula is C14H11ClF3N3O2. The summed E-state index contributed by atoms with van der Waals surface area (Å²) in [6, 6.07) is 5.74. The lowest BCUT2D eigenvalue weighted by Crippen LogP contribution is -2.25. The van der Waals surface area contributed by atoms with Crippen LogP contribution in [0, 0.1) is 6.92 Å². The minimum absolute atomic E-state index is 0.118. The van der Waals surface area contributed by atoms with Crippen molar-refractivity contribution >= 4 is 23.2 Å². The Morgan fingerprint density at radius 3 is 2.48 bits per heavy atom. The predicted molar refractivity (Wildman–Crippen MR) is 78.9 cm³/mol. The molecule has 1 amide bonds. The summed E-state index contributed by atoms with van der Waals surface area (Å²) in [6.45, 7) is 1.49. The summed E-state index contributed by atoms with van der Waals surface area (Å²) in [4.78, 5) is 26.5. The van der Waals surface area contributed by atoms with Crippen LogP contribution in [0.4, 0.5) is 13.2 Å². The molecule has 1 aromatic carbocycles. The van der Waals surface area contributed by atoms with Crippen LogP contribution in [0.15, 0.2) is 34.1 Å². The van der Waals surface area contributed by atoms with E-state index in [2.05, 4.69) is 10.1 Å². The van der Waals surface area contributed by atoms with E-state index in [0.717, 1.165) is 4.68 Å². The topological polar surface area (TPSA) is 67.2 Å². The molecule has 23 heavy (non-hydrogen) atoms. The Morgan fingerprint density at radius 2 is 2.00 bits per heavy atom. The second kappa shape index (κ2) is 6.04. The van der Waals surface area contributed by atoms with Crippen molar-refractivity contribution in [2.75, 3.05) is 0 Å². The predicted octanol–water partition coefficient (Wildman–Crippen LogP) is 2.60. The standard InChI is InChI=1S/C14H11ClF3N3O2/c1-7-10(12(22)21(2)20-7)11(19-13(23)14(16,17)18)8-4-3-5-9(15)6-8/h3-6,20H,1-2H3. The van der Waals surface area contributed by atoms with Gasteiger partial charge in [0, 0.05) is 23.3 Å².